The Morgan fingerprint density at radius 3 is 2.24 bits per heavy atom. The van der Waals surface area contributed by atoms with E-state index in [4.69, 9.17) is 0 Å². The summed E-state index contributed by atoms with van der Waals surface area (Å²) >= 11 is 0.744. The molecule has 3 aromatic rings. The molecule has 0 aliphatic heterocycles. The van der Waals surface area contributed by atoms with Gasteiger partial charge < -0.3 is 5.32 Å². The van der Waals surface area contributed by atoms with Crippen molar-refractivity contribution in [2.45, 2.75) is 44.4 Å². The summed E-state index contributed by atoms with van der Waals surface area (Å²) in [5, 5.41) is 10.0. The van der Waals surface area contributed by atoms with Gasteiger partial charge in [-0.2, -0.15) is 8.42 Å². The quantitative estimate of drug-likeness (QED) is 0.376. The highest BCUT2D eigenvalue weighted by Gasteiger charge is 2.22. The zero-order valence-corrected chi connectivity index (χ0v) is 20.7. The van der Waals surface area contributed by atoms with E-state index in [9.17, 15) is 18.0 Å². The Hall–Kier alpha value is -3.11. The highest BCUT2D eigenvalue weighted by atomic mass is 32.2. The summed E-state index contributed by atoms with van der Waals surface area (Å²) in [6.07, 6.45) is 0. The normalized spacial score (nSPS) is 11.9. The van der Waals surface area contributed by atoms with Crippen molar-refractivity contribution < 1.29 is 18.0 Å². The molecular formula is C23H26N4O4S2. The highest BCUT2D eigenvalue weighted by molar-refractivity contribution is 7.94. The molecule has 0 radical (unpaired) electrons. The number of carbonyl (C=O) groups is 2. The fourth-order valence-electron chi connectivity index (χ4n) is 2.83. The zero-order valence-electron chi connectivity index (χ0n) is 19.0. The maximum atomic E-state index is 12.9. The van der Waals surface area contributed by atoms with Gasteiger partial charge in [0.15, 0.2) is 5.78 Å². The van der Waals surface area contributed by atoms with Crippen LogP contribution in [0.15, 0.2) is 52.9 Å². The maximum absolute atomic E-state index is 12.9. The summed E-state index contributed by atoms with van der Waals surface area (Å²) in [6.45, 7) is 9.71. The molecule has 8 nitrogen and oxygen atoms in total. The van der Waals surface area contributed by atoms with Crippen LogP contribution in [0.5, 0.6) is 0 Å². The number of amides is 1. The molecule has 3 rings (SSSR count). The van der Waals surface area contributed by atoms with E-state index in [0.717, 1.165) is 16.9 Å². The molecule has 1 aromatic heterocycles. The first-order valence-electron chi connectivity index (χ1n) is 10.3. The van der Waals surface area contributed by atoms with Crippen molar-refractivity contribution in [1.29, 1.82) is 0 Å². The Balaban J connectivity index is 1.77. The summed E-state index contributed by atoms with van der Waals surface area (Å²) in [6, 6.07) is 13.6. The Bertz CT molecular complexity index is 1270. The van der Waals surface area contributed by atoms with Crippen LogP contribution in [0.3, 0.4) is 0 Å². The van der Waals surface area contributed by atoms with Crippen LogP contribution in [-0.2, 0) is 20.2 Å². The van der Waals surface area contributed by atoms with E-state index in [0.29, 0.717) is 11.1 Å². The number of sulfonamides is 1. The minimum Gasteiger partial charge on any atom is -0.300 e. The minimum atomic E-state index is -4.05. The van der Waals surface area contributed by atoms with E-state index in [1.165, 1.54) is 6.07 Å². The fourth-order valence-corrected chi connectivity index (χ4v) is 4.78. The van der Waals surface area contributed by atoms with Crippen LogP contribution in [0.2, 0.25) is 0 Å². The molecule has 0 aliphatic rings. The van der Waals surface area contributed by atoms with Gasteiger partial charge in [-0.15, -0.1) is 10.2 Å². The molecule has 0 saturated carbocycles. The predicted octanol–water partition coefficient (Wildman–Crippen LogP) is 4.46. The van der Waals surface area contributed by atoms with Gasteiger partial charge in [0.1, 0.15) is 0 Å². The summed E-state index contributed by atoms with van der Waals surface area (Å²) in [4.78, 5) is 24.7. The lowest BCUT2D eigenvalue weighted by atomic mass is 9.86. The average molecular weight is 487 g/mol. The maximum Gasteiger partial charge on any atom is 0.291 e. The van der Waals surface area contributed by atoms with Crippen molar-refractivity contribution in [2.24, 2.45) is 5.92 Å². The number of carbonyl (C=O) groups excluding carboxylic acids is 2. The number of rotatable bonds is 7. The van der Waals surface area contributed by atoms with Crippen molar-refractivity contribution in [3.63, 3.8) is 0 Å². The van der Waals surface area contributed by atoms with Crippen LogP contribution >= 0.6 is 11.3 Å². The molecule has 10 heteroatoms. The van der Waals surface area contributed by atoms with Crippen LogP contribution in [0.4, 0.5) is 10.8 Å². The molecule has 1 heterocycles. The molecule has 0 spiro atoms. The van der Waals surface area contributed by atoms with Gasteiger partial charge in [-0.25, -0.2) is 0 Å². The smallest absolute Gasteiger partial charge is 0.291 e. The number of aromatic nitrogens is 2. The summed E-state index contributed by atoms with van der Waals surface area (Å²) in [5.41, 5.74) is 2.16. The first-order valence-corrected chi connectivity index (χ1v) is 12.6. The minimum absolute atomic E-state index is 0.0259. The van der Waals surface area contributed by atoms with Gasteiger partial charge in [0.25, 0.3) is 14.4 Å². The van der Waals surface area contributed by atoms with E-state index in [1.54, 1.807) is 44.2 Å². The van der Waals surface area contributed by atoms with E-state index < -0.39 is 10.0 Å². The summed E-state index contributed by atoms with van der Waals surface area (Å²) in [5.74, 6) is -0.784. The first kappa shape index (κ1) is 24.5. The van der Waals surface area contributed by atoms with Crippen molar-refractivity contribution in [2.75, 3.05) is 10.0 Å². The fraction of sp³-hybridized carbons (Fsp3) is 0.304. The van der Waals surface area contributed by atoms with Crippen molar-refractivity contribution in [3.8, 4) is 0 Å². The molecule has 2 N–H and O–H groups in total. The van der Waals surface area contributed by atoms with Crippen LogP contribution in [0.1, 0.15) is 56.1 Å². The SMILES string of the molecule is CC(C)C(=O)Nc1nnc(S(=O)(=O)Nc2cccc(C(=O)c3ccc(C(C)(C)C)cc3)c2)s1. The molecule has 0 fully saturated rings. The molecule has 0 atom stereocenters. The third-order valence-corrected chi connectivity index (χ3v) is 7.37. The number of ketones is 1. The monoisotopic (exact) mass is 486 g/mol. The van der Waals surface area contributed by atoms with Crippen LogP contribution in [0, 0.1) is 5.92 Å². The highest BCUT2D eigenvalue weighted by Crippen LogP contribution is 2.25. The molecular weight excluding hydrogens is 460 g/mol. The number of benzene rings is 2. The lowest BCUT2D eigenvalue weighted by molar-refractivity contribution is -0.118. The second kappa shape index (κ2) is 9.40. The van der Waals surface area contributed by atoms with Crippen LogP contribution in [-0.4, -0.2) is 30.3 Å². The average Bonchev–Trinajstić information content (AvgIpc) is 3.22. The van der Waals surface area contributed by atoms with Gasteiger partial charge in [-0.05, 0) is 23.1 Å². The van der Waals surface area contributed by atoms with Gasteiger partial charge in [0.05, 0.1) is 0 Å². The molecule has 0 aliphatic carbocycles. The van der Waals surface area contributed by atoms with Crippen molar-refractivity contribution >= 4 is 43.9 Å². The van der Waals surface area contributed by atoms with Crippen LogP contribution < -0.4 is 10.0 Å². The van der Waals surface area contributed by atoms with Gasteiger partial charge in [-0.1, -0.05) is 82.4 Å². The number of nitrogens with one attached hydrogen (secondary N) is 2. The van der Waals surface area contributed by atoms with E-state index >= 15 is 0 Å². The number of nitrogens with zero attached hydrogens (tertiary/aromatic N) is 2. The second-order valence-corrected chi connectivity index (χ2v) is 11.7. The molecule has 1 amide bonds. The number of anilines is 2. The molecule has 174 valence electrons. The van der Waals surface area contributed by atoms with E-state index in [1.807, 2.05) is 12.1 Å². The van der Waals surface area contributed by atoms with Crippen molar-refractivity contribution in [3.05, 3.63) is 65.2 Å². The Morgan fingerprint density at radius 2 is 1.64 bits per heavy atom. The summed E-state index contributed by atoms with van der Waals surface area (Å²) in [7, 11) is -4.05. The van der Waals surface area contributed by atoms with E-state index in [2.05, 4.69) is 41.0 Å². The molecule has 0 unspecified atom stereocenters. The zero-order chi connectivity index (χ0) is 24.4. The number of hydrogen-bond donors (Lipinski definition) is 2. The molecule has 0 saturated heterocycles. The standard InChI is InChI=1S/C23H26N4O4S2/c1-14(2)20(29)24-21-25-26-22(32-21)33(30,31)27-18-8-6-7-16(13-18)19(28)15-9-11-17(12-10-15)23(3,4)5/h6-14,27H,1-5H3,(H,24,25,29). The van der Waals surface area contributed by atoms with Crippen molar-refractivity contribution in [1.82, 2.24) is 10.2 Å². The molecule has 33 heavy (non-hydrogen) atoms. The first-order chi connectivity index (χ1) is 15.4. The van der Waals surface area contributed by atoms with Gasteiger partial charge in [-0.3, -0.25) is 14.3 Å². The molecule has 0 bridgehead atoms. The van der Waals surface area contributed by atoms with Crippen LogP contribution in [0.25, 0.3) is 0 Å². The Labute approximate surface area is 197 Å². The lowest BCUT2D eigenvalue weighted by Crippen LogP contribution is -2.17. The second-order valence-electron chi connectivity index (χ2n) is 8.86. The number of hydrogen-bond acceptors (Lipinski definition) is 7. The van der Waals surface area contributed by atoms with Gasteiger partial charge in [0, 0.05) is 22.7 Å². The summed E-state index contributed by atoms with van der Waals surface area (Å²) < 4.78 is 27.6. The Morgan fingerprint density at radius 1 is 0.970 bits per heavy atom. The van der Waals surface area contributed by atoms with E-state index in [-0.39, 0.29) is 38.2 Å². The largest absolute Gasteiger partial charge is 0.300 e. The predicted molar refractivity (Wildman–Crippen MR) is 129 cm³/mol. The molecule has 2 aromatic carbocycles. The Kier molecular flexibility index (Phi) is 6.99. The topological polar surface area (TPSA) is 118 Å². The lowest BCUT2D eigenvalue weighted by Gasteiger charge is -2.19. The van der Waals surface area contributed by atoms with Gasteiger partial charge in [0.2, 0.25) is 11.0 Å². The third kappa shape index (κ3) is 6.02. The third-order valence-electron chi connectivity index (χ3n) is 4.78. The van der Waals surface area contributed by atoms with Gasteiger partial charge >= 0.3 is 0 Å².